The van der Waals surface area contributed by atoms with E-state index >= 15 is 0 Å². The molecule has 1 aromatic carbocycles. The lowest BCUT2D eigenvalue weighted by Gasteiger charge is -2.12. The summed E-state index contributed by atoms with van der Waals surface area (Å²) < 4.78 is 25.3. The van der Waals surface area contributed by atoms with Crippen LogP contribution in [0.2, 0.25) is 0 Å². The lowest BCUT2D eigenvalue weighted by Crippen LogP contribution is -2.43. The van der Waals surface area contributed by atoms with E-state index < -0.39 is 24.4 Å². The van der Waals surface area contributed by atoms with E-state index in [4.69, 9.17) is 23.4 Å². The fourth-order valence-electron chi connectivity index (χ4n) is 2.18. The summed E-state index contributed by atoms with van der Waals surface area (Å²) >= 11 is 0. The molecule has 2 aromatic rings. The van der Waals surface area contributed by atoms with Crippen molar-refractivity contribution < 1.29 is 37.7 Å². The molecule has 2 rings (SSSR count). The van der Waals surface area contributed by atoms with Gasteiger partial charge in [0, 0.05) is 6.08 Å². The summed E-state index contributed by atoms with van der Waals surface area (Å²) in [6.07, 6.45) is 3.91. The van der Waals surface area contributed by atoms with Crippen molar-refractivity contribution in [3.8, 4) is 17.2 Å². The van der Waals surface area contributed by atoms with Crippen LogP contribution in [0, 0.1) is 0 Å². The monoisotopic (exact) mass is 404 g/mol. The fraction of sp³-hybridized carbons (Fsp3) is 0.211. The van der Waals surface area contributed by atoms with Gasteiger partial charge in [-0.3, -0.25) is 20.4 Å². The molecular formula is C19H20N2O8. The van der Waals surface area contributed by atoms with Gasteiger partial charge in [-0.25, -0.2) is 4.79 Å². The minimum absolute atomic E-state index is 0.0237. The summed E-state index contributed by atoms with van der Waals surface area (Å²) in [7, 11) is 4.43. The summed E-state index contributed by atoms with van der Waals surface area (Å²) in [5, 5.41) is 0. The summed E-state index contributed by atoms with van der Waals surface area (Å²) in [6, 6.07) is 6.23. The first-order valence-electron chi connectivity index (χ1n) is 8.26. The molecule has 0 saturated carbocycles. The first-order valence-corrected chi connectivity index (χ1v) is 8.26. The molecule has 10 heteroatoms. The van der Waals surface area contributed by atoms with Gasteiger partial charge in [-0.2, -0.15) is 0 Å². The average molecular weight is 404 g/mol. The normalized spacial score (nSPS) is 10.3. The number of hydrazine groups is 1. The molecule has 0 fully saturated rings. The van der Waals surface area contributed by atoms with Crippen LogP contribution in [0.15, 0.2) is 41.0 Å². The van der Waals surface area contributed by atoms with Gasteiger partial charge in [0.15, 0.2) is 23.9 Å². The number of carbonyl (C=O) groups excluding carboxylic acids is 3. The quantitative estimate of drug-likeness (QED) is 0.383. The third-order valence-corrected chi connectivity index (χ3v) is 3.50. The predicted molar refractivity (Wildman–Crippen MR) is 100 cm³/mol. The molecule has 0 radical (unpaired) electrons. The Kier molecular flexibility index (Phi) is 7.66. The Bertz CT molecular complexity index is 865. The number of furan rings is 1. The minimum atomic E-state index is -0.758. The van der Waals surface area contributed by atoms with Crippen molar-refractivity contribution in [3.63, 3.8) is 0 Å². The average Bonchev–Trinajstić information content (AvgIpc) is 3.28. The maximum absolute atomic E-state index is 11.8. The van der Waals surface area contributed by atoms with E-state index in [0.717, 1.165) is 6.08 Å². The number of esters is 1. The zero-order valence-corrected chi connectivity index (χ0v) is 16.0. The van der Waals surface area contributed by atoms with Gasteiger partial charge >= 0.3 is 11.9 Å². The van der Waals surface area contributed by atoms with Gasteiger partial charge in [0.05, 0.1) is 27.6 Å². The van der Waals surface area contributed by atoms with Gasteiger partial charge in [-0.15, -0.1) is 0 Å². The molecule has 29 heavy (non-hydrogen) atoms. The molecule has 1 aromatic heterocycles. The second-order valence-electron chi connectivity index (χ2n) is 5.38. The van der Waals surface area contributed by atoms with Crippen LogP contribution in [0.1, 0.15) is 16.1 Å². The third-order valence-electron chi connectivity index (χ3n) is 3.50. The van der Waals surface area contributed by atoms with Crippen molar-refractivity contribution in [1.82, 2.24) is 10.9 Å². The first kappa shape index (κ1) is 21.4. The van der Waals surface area contributed by atoms with Crippen molar-refractivity contribution in [2.75, 3.05) is 27.9 Å². The molecule has 0 aliphatic carbocycles. The number of nitrogens with one attached hydrogen (secondary N) is 2. The number of hydrogen-bond acceptors (Lipinski definition) is 8. The van der Waals surface area contributed by atoms with Crippen LogP contribution in [0.5, 0.6) is 17.2 Å². The molecule has 0 spiro atoms. The predicted octanol–water partition coefficient (Wildman–Crippen LogP) is 1.32. The number of amides is 2. The highest BCUT2D eigenvalue weighted by Crippen LogP contribution is 2.38. The summed E-state index contributed by atoms with van der Waals surface area (Å²) in [4.78, 5) is 35.0. The molecule has 2 N–H and O–H groups in total. The smallest absolute Gasteiger partial charge is 0.331 e. The van der Waals surface area contributed by atoms with E-state index in [2.05, 4.69) is 10.9 Å². The second-order valence-corrected chi connectivity index (χ2v) is 5.38. The highest BCUT2D eigenvalue weighted by Gasteiger charge is 2.13. The van der Waals surface area contributed by atoms with Crippen LogP contribution < -0.4 is 25.1 Å². The Balaban J connectivity index is 1.86. The van der Waals surface area contributed by atoms with Gasteiger partial charge in [-0.05, 0) is 35.9 Å². The zero-order chi connectivity index (χ0) is 21.2. The van der Waals surface area contributed by atoms with E-state index in [0.29, 0.717) is 22.8 Å². The first-order chi connectivity index (χ1) is 14.0. The maximum Gasteiger partial charge on any atom is 0.331 e. The van der Waals surface area contributed by atoms with Crippen molar-refractivity contribution in [2.45, 2.75) is 0 Å². The summed E-state index contributed by atoms with van der Waals surface area (Å²) in [5.41, 5.74) is 4.81. The van der Waals surface area contributed by atoms with E-state index in [9.17, 15) is 14.4 Å². The van der Waals surface area contributed by atoms with E-state index in [1.165, 1.54) is 45.8 Å². The molecule has 0 bridgehead atoms. The Labute approximate surface area is 166 Å². The Morgan fingerprint density at radius 3 is 2.28 bits per heavy atom. The third kappa shape index (κ3) is 6.03. The Hall–Kier alpha value is -3.95. The molecule has 0 atom stereocenters. The molecule has 0 aliphatic rings. The van der Waals surface area contributed by atoms with Gasteiger partial charge in [0.1, 0.15) is 0 Å². The maximum atomic E-state index is 11.8. The molecule has 0 saturated heterocycles. The number of benzene rings is 1. The molecule has 154 valence electrons. The Morgan fingerprint density at radius 1 is 1.03 bits per heavy atom. The minimum Gasteiger partial charge on any atom is -0.493 e. The van der Waals surface area contributed by atoms with Crippen molar-refractivity contribution in [3.05, 3.63) is 47.9 Å². The molecule has 10 nitrogen and oxygen atoms in total. The number of ether oxygens (including phenoxy) is 4. The Morgan fingerprint density at radius 2 is 1.72 bits per heavy atom. The standard InChI is InChI=1S/C19H20N2O8/c1-25-14-9-12(10-15(26-2)18(14)27-3)6-7-17(23)29-11-16(22)20-21-19(24)13-5-4-8-28-13/h4-10H,11H2,1-3H3,(H,20,22)(H,21,24)/b7-6+. The van der Waals surface area contributed by atoms with Crippen LogP contribution >= 0.6 is 0 Å². The van der Waals surface area contributed by atoms with Crippen LogP contribution in [-0.4, -0.2) is 45.7 Å². The van der Waals surface area contributed by atoms with Crippen LogP contribution in [0.3, 0.4) is 0 Å². The van der Waals surface area contributed by atoms with Gasteiger partial charge < -0.3 is 23.4 Å². The van der Waals surface area contributed by atoms with Gasteiger partial charge in [-0.1, -0.05) is 0 Å². The number of methoxy groups -OCH3 is 3. The van der Waals surface area contributed by atoms with Crippen molar-refractivity contribution in [1.29, 1.82) is 0 Å². The fourth-order valence-corrected chi connectivity index (χ4v) is 2.18. The summed E-state index contributed by atoms with van der Waals surface area (Å²) in [6.45, 7) is -0.586. The lowest BCUT2D eigenvalue weighted by molar-refractivity contribution is -0.144. The number of rotatable bonds is 8. The summed E-state index contributed by atoms with van der Waals surface area (Å²) in [5.74, 6) is -0.834. The van der Waals surface area contributed by atoms with E-state index in [1.54, 1.807) is 12.1 Å². The molecule has 2 amide bonds. The van der Waals surface area contributed by atoms with Crippen molar-refractivity contribution >= 4 is 23.9 Å². The SMILES string of the molecule is COc1cc(/C=C/C(=O)OCC(=O)NNC(=O)c2ccco2)cc(OC)c1OC. The molecule has 1 heterocycles. The molecular weight excluding hydrogens is 384 g/mol. The number of carbonyl (C=O) groups is 3. The van der Waals surface area contributed by atoms with Crippen LogP contribution in [0.4, 0.5) is 0 Å². The van der Waals surface area contributed by atoms with Crippen molar-refractivity contribution in [2.24, 2.45) is 0 Å². The highest BCUT2D eigenvalue weighted by atomic mass is 16.5. The van der Waals surface area contributed by atoms with Crippen LogP contribution in [-0.2, 0) is 14.3 Å². The largest absolute Gasteiger partial charge is 0.493 e. The van der Waals surface area contributed by atoms with Crippen LogP contribution in [0.25, 0.3) is 6.08 Å². The highest BCUT2D eigenvalue weighted by molar-refractivity contribution is 5.93. The van der Waals surface area contributed by atoms with E-state index in [-0.39, 0.29) is 5.76 Å². The van der Waals surface area contributed by atoms with Gasteiger partial charge in [0.2, 0.25) is 5.75 Å². The number of hydrogen-bond donors (Lipinski definition) is 2. The molecule has 0 aliphatic heterocycles. The topological polar surface area (TPSA) is 125 Å². The van der Waals surface area contributed by atoms with Gasteiger partial charge in [0.25, 0.3) is 5.91 Å². The lowest BCUT2D eigenvalue weighted by atomic mass is 10.1. The van der Waals surface area contributed by atoms with E-state index in [1.807, 2.05) is 0 Å². The molecule has 0 unspecified atom stereocenters. The zero-order valence-electron chi connectivity index (χ0n) is 16.0. The second kappa shape index (κ2) is 10.4.